The molecule has 7 heteroatoms. The first kappa shape index (κ1) is 17.2. The fourth-order valence-electron chi connectivity index (χ4n) is 2.65. The molecule has 1 atom stereocenters. The first-order valence-electron chi connectivity index (χ1n) is 8.30. The van der Waals surface area contributed by atoms with E-state index in [1.54, 1.807) is 0 Å². The zero-order chi connectivity index (χ0) is 16.9. The van der Waals surface area contributed by atoms with Crippen molar-refractivity contribution in [1.29, 1.82) is 0 Å². The Balaban J connectivity index is 1.57. The number of benzene rings is 1. The van der Waals surface area contributed by atoms with Crippen LogP contribution in [-0.2, 0) is 11.2 Å². The molecule has 2 aromatic rings. The van der Waals surface area contributed by atoms with Crippen LogP contribution in [0.1, 0.15) is 32.3 Å². The van der Waals surface area contributed by atoms with Gasteiger partial charge in [-0.05, 0) is 43.9 Å². The van der Waals surface area contributed by atoms with E-state index in [4.69, 9.17) is 0 Å². The molecule has 128 valence electrons. The quantitative estimate of drug-likeness (QED) is 0.789. The van der Waals surface area contributed by atoms with Crippen molar-refractivity contribution in [3.8, 4) is 0 Å². The van der Waals surface area contributed by atoms with E-state index < -0.39 is 0 Å². The van der Waals surface area contributed by atoms with E-state index in [1.807, 2.05) is 24.0 Å². The first-order chi connectivity index (χ1) is 11.7. The monoisotopic (exact) mass is 362 g/mol. The molecule has 1 aliphatic heterocycles. The number of thioether (sulfide) groups is 1. The SMILES string of the molecule is CCc1ccc(Nc2nnc(S[C@H](C)C(=O)N3CCCC3)s2)cc1. The summed E-state index contributed by atoms with van der Waals surface area (Å²) in [5.74, 6) is 0.206. The lowest BCUT2D eigenvalue weighted by molar-refractivity contribution is -0.129. The molecular formula is C17H22N4OS2. The second-order valence-corrected chi connectivity index (χ2v) is 8.41. The summed E-state index contributed by atoms with van der Waals surface area (Å²) < 4.78 is 0.822. The van der Waals surface area contributed by atoms with E-state index in [-0.39, 0.29) is 11.2 Å². The summed E-state index contributed by atoms with van der Waals surface area (Å²) in [6, 6.07) is 8.31. The van der Waals surface area contributed by atoms with Gasteiger partial charge in [-0.25, -0.2) is 0 Å². The van der Waals surface area contributed by atoms with E-state index in [0.29, 0.717) is 0 Å². The van der Waals surface area contributed by atoms with Gasteiger partial charge in [0.05, 0.1) is 5.25 Å². The van der Waals surface area contributed by atoms with Crippen molar-refractivity contribution in [2.75, 3.05) is 18.4 Å². The van der Waals surface area contributed by atoms with Crippen molar-refractivity contribution < 1.29 is 4.79 Å². The smallest absolute Gasteiger partial charge is 0.235 e. The van der Waals surface area contributed by atoms with E-state index in [0.717, 1.165) is 47.5 Å². The van der Waals surface area contributed by atoms with Gasteiger partial charge in [0.15, 0.2) is 4.34 Å². The average molecular weight is 363 g/mol. The van der Waals surface area contributed by atoms with Gasteiger partial charge in [-0.2, -0.15) is 0 Å². The Morgan fingerprint density at radius 3 is 2.67 bits per heavy atom. The molecule has 2 heterocycles. The minimum Gasteiger partial charge on any atom is -0.342 e. The number of anilines is 2. The Bertz CT molecular complexity index is 680. The summed E-state index contributed by atoms with van der Waals surface area (Å²) in [6.07, 6.45) is 3.27. The number of amides is 1. The largest absolute Gasteiger partial charge is 0.342 e. The first-order valence-corrected chi connectivity index (χ1v) is 10.00. The zero-order valence-electron chi connectivity index (χ0n) is 14.0. The standard InChI is InChI=1S/C17H22N4OS2/c1-3-13-6-8-14(9-7-13)18-16-19-20-17(24-16)23-12(2)15(22)21-10-4-5-11-21/h6-9,12H,3-5,10-11H2,1-2H3,(H,18,19)/t12-/m1/s1. The average Bonchev–Trinajstić information content (AvgIpc) is 3.27. The van der Waals surface area contributed by atoms with Crippen molar-refractivity contribution >= 4 is 39.8 Å². The Hall–Kier alpha value is -1.60. The van der Waals surface area contributed by atoms with Crippen molar-refractivity contribution in [1.82, 2.24) is 15.1 Å². The maximum Gasteiger partial charge on any atom is 0.235 e. The lowest BCUT2D eigenvalue weighted by atomic mass is 10.1. The molecule has 1 aromatic carbocycles. The number of hydrogen-bond donors (Lipinski definition) is 1. The van der Waals surface area contributed by atoms with E-state index in [2.05, 4.69) is 34.6 Å². The summed E-state index contributed by atoms with van der Waals surface area (Å²) in [7, 11) is 0. The molecule has 0 unspecified atom stereocenters. The summed E-state index contributed by atoms with van der Waals surface area (Å²) in [5.41, 5.74) is 2.31. The van der Waals surface area contributed by atoms with Crippen LogP contribution in [0.25, 0.3) is 0 Å². The number of hydrogen-bond acceptors (Lipinski definition) is 6. The number of nitrogens with one attached hydrogen (secondary N) is 1. The highest BCUT2D eigenvalue weighted by molar-refractivity contribution is 8.02. The summed E-state index contributed by atoms with van der Waals surface area (Å²) in [4.78, 5) is 14.3. The third-order valence-corrected chi connectivity index (χ3v) is 6.07. The Morgan fingerprint density at radius 1 is 1.29 bits per heavy atom. The summed E-state index contributed by atoms with van der Waals surface area (Å²) in [5, 5.41) is 12.3. The molecule has 5 nitrogen and oxygen atoms in total. The molecule has 1 amide bonds. The van der Waals surface area contributed by atoms with E-state index in [9.17, 15) is 4.79 Å². The Kier molecular flexibility index (Phi) is 5.73. The molecule has 1 aliphatic rings. The third kappa shape index (κ3) is 4.27. The molecule has 1 aromatic heterocycles. The molecule has 0 spiro atoms. The van der Waals surface area contributed by atoms with Gasteiger partial charge in [-0.1, -0.05) is 42.2 Å². The minimum atomic E-state index is -0.118. The predicted octanol–water partition coefficient (Wildman–Crippen LogP) is 3.95. The van der Waals surface area contributed by atoms with Crippen LogP contribution >= 0.6 is 23.1 Å². The minimum absolute atomic E-state index is 0.118. The highest BCUT2D eigenvalue weighted by Gasteiger charge is 2.25. The number of aromatic nitrogens is 2. The number of aryl methyl sites for hydroxylation is 1. The van der Waals surface area contributed by atoms with E-state index in [1.165, 1.54) is 28.7 Å². The van der Waals surface area contributed by atoms with E-state index >= 15 is 0 Å². The molecule has 0 radical (unpaired) electrons. The molecule has 1 fully saturated rings. The maximum atomic E-state index is 12.4. The zero-order valence-corrected chi connectivity index (χ0v) is 15.6. The van der Waals surface area contributed by atoms with Gasteiger partial charge in [-0.15, -0.1) is 10.2 Å². The van der Waals surface area contributed by atoms with Crippen LogP contribution in [0.3, 0.4) is 0 Å². The lowest BCUT2D eigenvalue weighted by Crippen LogP contribution is -2.33. The van der Waals surface area contributed by atoms with Crippen molar-refractivity contribution in [3.05, 3.63) is 29.8 Å². The molecule has 0 aliphatic carbocycles. The van der Waals surface area contributed by atoms with Crippen LogP contribution in [0.15, 0.2) is 28.6 Å². The van der Waals surface area contributed by atoms with Crippen LogP contribution in [0.2, 0.25) is 0 Å². The third-order valence-electron chi connectivity index (χ3n) is 4.06. The van der Waals surface area contributed by atoms with Crippen molar-refractivity contribution in [3.63, 3.8) is 0 Å². The molecule has 1 N–H and O–H groups in total. The Labute approximate surface area is 150 Å². The number of carbonyl (C=O) groups excluding carboxylic acids is 1. The number of rotatable bonds is 6. The van der Waals surface area contributed by atoms with Crippen LogP contribution < -0.4 is 5.32 Å². The number of nitrogens with zero attached hydrogens (tertiary/aromatic N) is 3. The van der Waals surface area contributed by atoms with Gasteiger partial charge in [0.25, 0.3) is 0 Å². The van der Waals surface area contributed by atoms with Crippen LogP contribution in [0, 0.1) is 0 Å². The van der Waals surface area contributed by atoms with Gasteiger partial charge >= 0.3 is 0 Å². The molecular weight excluding hydrogens is 340 g/mol. The van der Waals surface area contributed by atoms with Gasteiger partial charge in [-0.3, -0.25) is 4.79 Å². The fraction of sp³-hybridized carbons (Fsp3) is 0.471. The lowest BCUT2D eigenvalue weighted by Gasteiger charge is -2.18. The molecule has 1 saturated heterocycles. The summed E-state index contributed by atoms with van der Waals surface area (Å²) >= 11 is 2.97. The van der Waals surface area contributed by atoms with Gasteiger partial charge < -0.3 is 10.2 Å². The van der Waals surface area contributed by atoms with Crippen molar-refractivity contribution in [2.45, 2.75) is 42.7 Å². The van der Waals surface area contributed by atoms with Gasteiger partial charge in [0, 0.05) is 18.8 Å². The summed E-state index contributed by atoms with van der Waals surface area (Å²) in [6.45, 7) is 5.87. The molecule has 0 bridgehead atoms. The van der Waals surface area contributed by atoms with Crippen LogP contribution in [0.4, 0.5) is 10.8 Å². The maximum absolute atomic E-state index is 12.4. The molecule has 24 heavy (non-hydrogen) atoms. The number of carbonyl (C=O) groups is 1. The van der Waals surface area contributed by atoms with Crippen molar-refractivity contribution in [2.24, 2.45) is 0 Å². The van der Waals surface area contributed by atoms with Gasteiger partial charge in [0.2, 0.25) is 11.0 Å². The van der Waals surface area contributed by atoms with Crippen LogP contribution in [0.5, 0.6) is 0 Å². The Morgan fingerprint density at radius 2 is 2.00 bits per heavy atom. The van der Waals surface area contributed by atoms with Crippen LogP contribution in [-0.4, -0.2) is 39.3 Å². The normalized spacial score (nSPS) is 15.5. The second kappa shape index (κ2) is 7.98. The fourth-order valence-corrected chi connectivity index (χ4v) is 4.65. The highest BCUT2D eigenvalue weighted by Crippen LogP contribution is 2.31. The molecule has 0 saturated carbocycles. The predicted molar refractivity (Wildman–Crippen MR) is 100 cm³/mol. The highest BCUT2D eigenvalue weighted by atomic mass is 32.2. The topological polar surface area (TPSA) is 58.1 Å². The number of likely N-dealkylation sites (tertiary alicyclic amines) is 1. The second-order valence-electron chi connectivity index (χ2n) is 5.84. The molecule has 3 rings (SSSR count). The van der Waals surface area contributed by atoms with Gasteiger partial charge in [0.1, 0.15) is 0 Å².